The summed E-state index contributed by atoms with van der Waals surface area (Å²) in [5.41, 5.74) is 0.576. The second-order valence-corrected chi connectivity index (χ2v) is 2.91. The highest BCUT2D eigenvalue weighted by atomic mass is 127. The number of rotatable bonds is 1. The van der Waals surface area contributed by atoms with Gasteiger partial charge >= 0.3 is 0 Å². The molecule has 4 heteroatoms. The van der Waals surface area contributed by atoms with Gasteiger partial charge in [-0.2, -0.15) is 0 Å². The van der Waals surface area contributed by atoms with Crippen molar-refractivity contribution in [2.45, 2.75) is 0 Å². The van der Waals surface area contributed by atoms with Crippen LogP contribution >= 0.6 is 34.5 Å². The molecule has 1 N–H and O–H groups in total. The average Bonchev–Trinajstić information content (AvgIpc) is 2.03. The lowest BCUT2D eigenvalue weighted by Crippen LogP contribution is -2.11. The van der Waals surface area contributed by atoms with Gasteiger partial charge in [0.15, 0.2) is 0 Å². The standard InChI is InChI=1S/C7H5ClINO/c8-6-3-1-2-5(4-6)7(11)10-9/h1-4H,(H,10,11). The number of carbonyl (C=O) groups is 1. The van der Waals surface area contributed by atoms with E-state index >= 15 is 0 Å². The SMILES string of the molecule is O=C(NI)c1cccc(Cl)c1. The van der Waals surface area contributed by atoms with Crippen LogP contribution in [0, 0.1) is 0 Å². The Morgan fingerprint density at radius 2 is 2.27 bits per heavy atom. The molecule has 0 aromatic heterocycles. The molecule has 1 rings (SSSR count). The minimum atomic E-state index is -0.131. The molecule has 0 saturated heterocycles. The first-order valence-corrected chi connectivity index (χ1v) is 4.36. The van der Waals surface area contributed by atoms with Crippen LogP contribution in [0.3, 0.4) is 0 Å². The van der Waals surface area contributed by atoms with Crippen LogP contribution in [0.5, 0.6) is 0 Å². The number of benzene rings is 1. The fourth-order valence-electron chi connectivity index (χ4n) is 0.684. The molecule has 2 nitrogen and oxygen atoms in total. The summed E-state index contributed by atoms with van der Waals surface area (Å²) >= 11 is 7.45. The Labute approximate surface area is 83.4 Å². The second kappa shape index (κ2) is 3.92. The maximum Gasteiger partial charge on any atom is 0.259 e. The highest BCUT2D eigenvalue weighted by molar-refractivity contribution is 14.1. The van der Waals surface area contributed by atoms with Crippen LogP contribution in [0.2, 0.25) is 5.02 Å². The van der Waals surface area contributed by atoms with Gasteiger partial charge in [-0.25, -0.2) is 0 Å². The summed E-state index contributed by atoms with van der Waals surface area (Å²) in [5, 5.41) is 0.572. The van der Waals surface area contributed by atoms with Crippen molar-refractivity contribution in [3.05, 3.63) is 34.9 Å². The minimum absolute atomic E-state index is 0.131. The summed E-state index contributed by atoms with van der Waals surface area (Å²) in [5.74, 6) is -0.131. The van der Waals surface area contributed by atoms with Crippen molar-refractivity contribution in [2.24, 2.45) is 0 Å². The van der Waals surface area contributed by atoms with Gasteiger partial charge < -0.3 is 0 Å². The topological polar surface area (TPSA) is 29.1 Å². The van der Waals surface area contributed by atoms with Gasteiger partial charge in [0, 0.05) is 10.6 Å². The predicted molar refractivity (Wildman–Crippen MR) is 52.9 cm³/mol. The smallest absolute Gasteiger partial charge is 0.259 e. The molecule has 0 aliphatic carbocycles. The molecule has 58 valence electrons. The lowest BCUT2D eigenvalue weighted by atomic mass is 10.2. The van der Waals surface area contributed by atoms with Crippen LogP contribution in [0.4, 0.5) is 0 Å². The fourth-order valence-corrected chi connectivity index (χ4v) is 1.19. The summed E-state index contributed by atoms with van der Waals surface area (Å²) < 4.78 is 2.48. The van der Waals surface area contributed by atoms with Crippen molar-refractivity contribution in [1.29, 1.82) is 0 Å². The van der Waals surface area contributed by atoms with Gasteiger partial charge in [-0.05, 0) is 18.2 Å². The van der Waals surface area contributed by atoms with Gasteiger partial charge in [0.2, 0.25) is 0 Å². The van der Waals surface area contributed by atoms with E-state index in [9.17, 15) is 4.79 Å². The van der Waals surface area contributed by atoms with Gasteiger partial charge in [-0.15, -0.1) is 0 Å². The van der Waals surface area contributed by atoms with Crippen LogP contribution < -0.4 is 3.53 Å². The minimum Gasteiger partial charge on any atom is -0.295 e. The van der Waals surface area contributed by atoms with E-state index in [4.69, 9.17) is 11.6 Å². The first-order valence-electron chi connectivity index (χ1n) is 2.90. The molecule has 1 amide bonds. The molecule has 0 unspecified atom stereocenters. The van der Waals surface area contributed by atoms with Crippen molar-refractivity contribution in [2.75, 3.05) is 0 Å². The van der Waals surface area contributed by atoms with Crippen molar-refractivity contribution in [1.82, 2.24) is 3.53 Å². The van der Waals surface area contributed by atoms with Crippen LogP contribution in [-0.4, -0.2) is 5.91 Å². The molecule has 1 aromatic rings. The molecule has 1 aromatic carbocycles. The van der Waals surface area contributed by atoms with Crippen LogP contribution in [0.15, 0.2) is 24.3 Å². The highest BCUT2D eigenvalue weighted by Gasteiger charge is 2.01. The molecular formula is C7H5ClINO. The van der Waals surface area contributed by atoms with E-state index < -0.39 is 0 Å². The first kappa shape index (κ1) is 8.80. The molecule has 0 atom stereocenters. The van der Waals surface area contributed by atoms with Crippen LogP contribution in [0.1, 0.15) is 10.4 Å². The number of halogens is 2. The predicted octanol–water partition coefficient (Wildman–Crippen LogP) is 2.42. The molecular weight excluding hydrogens is 276 g/mol. The molecule has 0 spiro atoms. The maximum atomic E-state index is 11.0. The summed E-state index contributed by atoms with van der Waals surface area (Å²) in [6.45, 7) is 0. The lowest BCUT2D eigenvalue weighted by molar-refractivity contribution is 0.0989. The Kier molecular flexibility index (Phi) is 3.14. The summed E-state index contributed by atoms with van der Waals surface area (Å²) in [6, 6.07) is 6.80. The van der Waals surface area contributed by atoms with Gasteiger partial charge in [0.25, 0.3) is 5.91 Å². The zero-order valence-corrected chi connectivity index (χ0v) is 8.39. The zero-order chi connectivity index (χ0) is 8.27. The van der Waals surface area contributed by atoms with E-state index in [1.165, 1.54) is 0 Å². The second-order valence-electron chi connectivity index (χ2n) is 1.93. The molecule has 0 radical (unpaired) electrons. The normalized spacial score (nSPS) is 9.27. The molecule has 0 heterocycles. The molecule has 0 bridgehead atoms. The quantitative estimate of drug-likeness (QED) is 0.622. The molecule has 0 fully saturated rings. The van der Waals surface area contributed by atoms with E-state index in [-0.39, 0.29) is 5.91 Å². The molecule has 0 aliphatic rings. The van der Waals surface area contributed by atoms with Gasteiger partial charge in [-0.1, -0.05) is 17.7 Å². The third-order valence-electron chi connectivity index (χ3n) is 1.17. The third kappa shape index (κ3) is 2.34. The van der Waals surface area contributed by atoms with Crippen molar-refractivity contribution < 1.29 is 4.79 Å². The molecule has 11 heavy (non-hydrogen) atoms. The number of nitrogens with one attached hydrogen (secondary N) is 1. The third-order valence-corrected chi connectivity index (χ3v) is 1.90. The Balaban J connectivity index is 2.96. The summed E-state index contributed by atoms with van der Waals surface area (Å²) in [4.78, 5) is 11.0. The van der Waals surface area contributed by atoms with E-state index in [2.05, 4.69) is 3.53 Å². The monoisotopic (exact) mass is 281 g/mol. The lowest BCUT2D eigenvalue weighted by Gasteiger charge is -1.96. The van der Waals surface area contributed by atoms with E-state index in [1.54, 1.807) is 47.1 Å². The van der Waals surface area contributed by atoms with Crippen LogP contribution in [-0.2, 0) is 0 Å². The maximum absolute atomic E-state index is 11.0. The molecule has 0 saturated carbocycles. The number of carbonyl (C=O) groups excluding carboxylic acids is 1. The Morgan fingerprint density at radius 3 is 2.82 bits per heavy atom. The van der Waals surface area contributed by atoms with Crippen molar-refractivity contribution in [3.8, 4) is 0 Å². The van der Waals surface area contributed by atoms with E-state index in [0.29, 0.717) is 10.6 Å². The Morgan fingerprint density at radius 1 is 1.55 bits per heavy atom. The van der Waals surface area contributed by atoms with Gasteiger partial charge in [-0.3, -0.25) is 8.32 Å². The van der Waals surface area contributed by atoms with Gasteiger partial charge in [0.05, 0.1) is 22.9 Å². The van der Waals surface area contributed by atoms with Gasteiger partial charge in [0.1, 0.15) is 0 Å². The summed E-state index contributed by atoms with van der Waals surface area (Å²) in [6.07, 6.45) is 0. The average molecular weight is 281 g/mol. The highest BCUT2D eigenvalue weighted by Crippen LogP contribution is 2.10. The Bertz CT molecular complexity index is 277. The van der Waals surface area contributed by atoms with Crippen LogP contribution in [0.25, 0.3) is 0 Å². The number of hydrogen-bond donors (Lipinski definition) is 1. The van der Waals surface area contributed by atoms with Crippen molar-refractivity contribution in [3.63, 3.8) is 0 Å². The van der Waals surface area contributed by atoms with E-state index in [0.717, 1.165) is 0 Å². The van der Waals surface area contributed by atoms with E-state index in [1.807, 2.05) is 0 Å². The first-order chi connectivity index (χ1) is 5.24. The molecule has 0 aliphatic heterocycles. The van der Waals surface area contributed by atoms with Crippen molar-refractivity contribution >= 4 is 40.4 Å². The number of amides is 1. The number of hydrogen-bond acceptors (Lipinski definition) is 1. The Hall–Kier alpha value is -0.290. The summed E-state index contributed by atoms with van der Waals surface area (Å²) in [7, 11) is 0. The zero-order valence-electron chi connectivity index (χ0n) is 5.47. The largest absolute Gasteiger partial charge is 0.295 e. The fraction of sp³-hybridized carbons (Fsp3) is 0.